The zero-order valence-electron chi connectivity index (χ0n) is 16.7. The van der Waals surface area contributed by atoms with Crippen molar-refractivity contribution in [3.8, 4) is 0 Å². The van der Waals surface area contributed by atoms with Crippen LogP contribution >= 0.6 is 0 Å². The van der Waals surface area contributed by atoms with Crippen molar-refractivity contribution >= 4 is 5.78 Å². The molecule has 2 saturated heterocycles. The summed E-state index contributed by atoms with van der Waals surface area (Å²) in [5, 5.41) is 0. The highest BCUT2D eigenvalue weighted by atomic mass is 19.4. The van der Waals surface area contributed by atoms with Crippen LogP contribution in [0.4, 0.5) is 17.6 Å². The molecule has 0 aromatic heterocycles. The zero-order valence-corrected chi connectivity index (χ0v) is 16.7. The summed E-state index contributed by atoms with van der Waals surface area (Å²) in [5.74, 6) is -1.21. The van der Waals surface area contributed by atoms with Gasteiger partial charge in [-0.25, -0.2) is 4.39 Å². The summed E-state index contributed by atoms with van der Waals surface area (Å²) in [6.45, 7) is 0.857. The molecule has 0 amide bonds. The number of Topliss-reactive ketones (excluding diaryl/α,β-unsaturated/α-hetero) is 1. The molecule has 160 valence electrons. The molecule has 30 heavy (non-hydrogen) atoms. The molecule has 2 aromatic carbocycles. The first-order valence-corrected chi connectivity index (χ1v) is 10.5. The van der Waals surface area contributed by atoms with Crippen LogP contribution in [0.5, 0.6) is 0 Å². The summed E-state index contributed by atoms with van der Waals surface area (Å²) >= 11 is 0. The van der Waals surface area contributed by atoms with Crippen molar-refractivity contribution in [2.45, 2.75) is 63.3 Å². The number of carbonyl (C=O) groups excluding carboxylic acids is 1. The second-order valence-electron chi connectivity index (χ2n) is 8.55. The standard InChI is InChI=1S/C24H25F4NO/c25-20-10-17(9-19(14-20)24(26,27)28)11-23(30)18-12-21-7-4-8-22(13-18)29(21)15-16-5-2-1-3-6-16/h1-3,5-6,9-10,14,18,21-22H,4,7-8,11-13,15H2. The number of fused-ring (bicyclic) bond motifs is 2. The number of alkyl halides is 3. The van der Waals surface area contributed by atoms with E-state index in [-0.39, 0.29) is 23.7 Å². The van der Waals surface area contributed by atoms with E-state index in [2.05, 4.69) is 17.0 Å². The molecule has 2 atom stereocenters. The fourth-order valence-corrected chi connectivity index (χ4v) is 5.06. The van der Waals surface area contributed by atoms with Crippen LogP contribution in [0.1, 0.15) is 48.8 Å². The minimum Gasteiger partial charge on any atom is -0.299 e. The molecule has 0 aliphatic carbocycles. The predicted molar refractivity (Wildman–Crippen MR) is 106 cm³/mol. The average Bonchev–Trinajstić information content (AvgIpc) is 2.67. The van der Waals surface area contributed by atoms with Crippen LogP contribution in [0, 0.1) is 11.7 Å². The van der Waals surface area contributed by atoms with Crippen LogP contribution in [-0.4, -0.2) is 22.8 Å². The molecule has 0 N–H and O–H groups in total. The topological polar surface area (TPSA) is 20.3 Å². The second kappa shape index (κ2) is 8.50. The molecule has 0 saturated carbocycles. The summed E-state index contributed by atoms with van der Waals surface area (Å²) in [5.41, 5.74) is 0.308. The molecule has 2 unspecified atom stereocenters. The van der Waals surface area contributed by atoms with E-state index >= 15 is 0 Å². The number of piperidine rings is 2. The summed E-state index contributed by atoms with van der Waals surface area (Å²) in [6.07, 6.45) is -0.118. The average molecular weight is 419 g/mol. The number of nitrogens with zero attached hydrogens (tertiary/aromatic N) is 1. The highest BCUT2D eigenvalue weighted by molar-refractivity contribution is 5.83. The van der Waals surface area contributed by atoms with Gasteiger partial charge in [-0.3, -0.25) is 9.69 Å². The van der Waals surface area contributed by atoms with Gasteiger partial charge in [0.05, 0.1) is 5.56 Å². The van der Waals surface area contributed by atoms with E-state index in [0.717, 1.165) is 50.8 Å². The molecule has 4 rings (SSSR count). The zero-order chi connectivity index (χ0) is 21.3. The Morgan fingerprint density at radius 2 is 1.63 bits per heavy atom. The van der Waals surface area contributed by atoms with Gasteiger partial charge in [0.25, 0.3) is 0 Å². The molecule has 2 bridgehead atoms. The first kappa shape index (κ1) is 21.0. The third kappa shape index (κ3) is 4.75. The molecular weight excluding hydrogens is 394 g/mol. The second-order valence-corrected chi connectivity index (χ2v) is 8.55. The molecule has 0 radical (unpaired) electrons. The molecule has 0 spiro atoms. The van der Waals surface area contributed by atoms with Gasteiger partial charge in [0, 0.05) is 31.0 Å². The van der Waals surface area contributed by atoms with Gasteiger partial charge in [0.15, 0.2) is 0 Å². The molecule has 6 heteroatoms. The van der Waals surface area contributed by atoms with Gasteiger partial charge in [-0.15, -0.1) is 0 Å². The Bertz CT molecular complexity index is 882. The van der Waals surface area contributed by atoms with E-state index in [1.54, 1.807) is 0 Å². The van der Waals surface area contributed by atoms with Crippen molar-refractivity contribution in [3.05, 3.63) is 71.0 Å². The molecule has 2 heterocycles. The Hall–Kier alpha value is -2.21. The number of benzene rings is 2. The summed E-state index contributed by atoms with van der Waals surface area (Å²) in [6, 6.07) is 13.3. The van der Waals surface area contributed by atoms with Crippen LogP contribution < -0.4 is 0 Å². The summed E-state index contributed by atoms with van der Waals surface area (Å²) in [4.78, 5) is 15.4. The van der Waals surface area contributed by atoms with Crippen LogP contribution in [0.2, 0.25) is 0 Å². The Labute approximate surface area is 173 Å². The number of halogens is 4. The Kier molecular flexibility index (Phi) is 5.96. The lowest BCUT2D eigenvalue weighted by Gasteiger charge is -2.48. The van der Waals surface area contributed by atoms with Crippen molar-refractivity contribution in [2.24, 2.45) is 5.92 Å². The normalized spacial score (nSPS) is 24.6. The first-order valence-electron chi connectivity index (χ1n) is 10.5. The van der Waals surface area contributed by atoms with Crippen LogP contribution in [0.25, 0.3) is 0 Å². The van der Waals surface area contributed by atoms with E-state index in [0.29, 0.717) is 18.2 Å². The SMILES string of the molecule is O=C(Cc1cc(F)cc(C(F)(F)F)c1)C1CC2CCCC(C1)N2Cc1ccccc1. The Balaban J connectivity index is 1.45. The van der Waals surface area contributed by atoms with Gasteiger partial charge < -0.3 is 0 Å². The molecule has 2 fully saturated rings. The summed E-state index contributed by atoms with van der Waals surface area (Å²) in [7, 11) is 0. The number of rotatable bonds is 5. The molecule has 2 aliphatic heterocycles. The lowest BCUT2D eigenvalue weighted by atomic mass is 9.75. The van der Waals surface area contributed by atoms with Gasteiger partial charge in [-0.1, -0.05) is 36.8 Å². The maximum Gasteiger partial charge on any atom is 0.416 e. The number of hydrogen-bond donors (Lipinski definition) is 0. The van der Waals surface area contributed by atoms with E-state index in [4.69, 9.17) is 0 Å². The minimum absolute atomic E-state index is 0.0787. The molecule has 2 nitrogen and oxygen atoms in total. The van der Waals surface area contributed by atoms with Crippen LogP contribution in [0.15, 0.2) is 48.5 Å². The summed E-state index contributed by atoms with van der Waals surface area (Å²) < 4.78 is 52.6. The Morgan fingerprint density at radius 1 is 0.967 bits per heavy atom. The smallest absolute Gasteiger partial charge is 0.299 e. The Morgan fingerprint density at radius 3 is 2.27 bits per heavy atom. The lowest BCUT2D eigenvalue weighted by molar-refractivity contribution is -0.138. The van der Waals surface area contributed by atoms with E-state index in [1.807, 2.05) is 18.2 Å². The van der Waals surface area contributed by atoms with Crippen LogP contribution in [0.3, 0.4) is 0 Å². The van der Waals surface area contributed by atoms with Gasteiger partial charge in [0.2, 0.25) is 0 Å². The van der Waals surface area contributed by atoms with Crippen molar-refractivity contribution in [2.75, 3.05) is 0 Å². The number of ketones is 1. The van der Waals surface area contributed by atoms with Crippen molar-refractivity contribution in [3.63, 3.8) is 0 Å². The minimum atomic E-state index is -4.63. The lowest BCUT2D eigenvalue weighted by Crippen LogP contribution is -2.52. The fourth-order valence-electron chi connectivity index (χ4n) is 5.06. The predicted octanol–water partition coefficient (Wildman–Crippen LogP) is 5.79. The van der Waals surface area contributed by atoms with Gasteiger partial charge in [-0.2, -0.15) is 13.2 Å². The largest absolute Gasteiger partial charge is 0.416 e. The third-order valence-electron chi connectivity index (χ3n) is 6.45. The van der Waals surface area contributed by atoms with Gasteiger partial charge in [-0.05, 0) is 55.0 Å². The van der Waals surface area contributed by atoms with Crippen LogP contribution in [-0.2, 0) is 23.9 Å². The first-order chi connectivity index (χ1) is 14.3. The molecular formula is C24H25F4NO. The maximum absolute atomic E-state index is 13.7. The van der Waals surface area contributed by atoms with E-state index < -0.39 is 17.6 Å². The quantitative estimate of drug-likeness (QED) is 0.572. The highest BCUT2D eigenvalue weighted by Gasteiger charge is 2.40. The van der Waals surface area contributed by atoms with Crippen molar-refractivity contribution in [1.82, 2.24) is 4.90 Å². The van der Waals surface area contributed by atoms with Crippen molar-refractivity contribution in [1.29, 1.82) is 0 Å². The van der Waals surface area contributed by atoms with E-state index in [9.17, 15) is 22.4 Å². The van der Waals surface area contributed by atoms with Crippen molar-refractivity contribution < 1.29 is 22.4 Å². The highest BCUT2D eigenvalue weighted by Crippen LogP contribution is 2.39. The molecule has 2 aliphatic rings. The number of carbonyl (C=O) groups is 1. The third-order valence-corrected chi connectivity index (χ3v) is 6.45. The van der Waals surface area contributed by atoms with Gasteiger partial charge in [0.1, 0.15) is 11.6 Å². The maximum atomic E-state index is 13.7. The monoisotopic (exact) mass is 419 g/mol. The number of hydrogen-bond acceptors (Lipinski definition) is 2. The molecule has 2 aromatic rings. The fraction of sp³-hybridized carbons (Fsp3) is 0.458. The van der Waals surface area contributed by atoms with Gasteiger partial charge >= 0.3 is 6.18 Å². The van der Waals surface area contributed by atoms with E-state index in [1.165, 1.54) is 5.56 Å².